The number of benzene rings is 1. The van der Waals surface area contributed by atoms with Crippen LogP contribution in [0.25, 0.3) is 0 Å². The first-order valence-electron chi connectivity index (χ1n) is 11.9. The number of hydrogen-bond donors (Lipinski definition) is 1. The third kappa shape index (κ3) is 3.43. The molecule has 2 aromatic rings. The molecule has 1 unspecified atom stereocenters. The molecule has 7 heteroatoms. The summed E-state index contributed by atoms with van der Waals surface area (Å²) in [7, 11) is 0. The number of ether oxygens (including phenoxy) is 2. The van der Waals surface area contributed by atoms with E-state index in [4.69, 9.17) is 15.2 Å². The Morgan fingerprint density at radius 3 is 2.72 bits per heavy atom. The molecule has 7 nitrogen and oxygen atoms in total. The van der Waals surface area contributed by atoms with E-state index >= 15 is 0 Å². The van der Waals surface area contributed by atoms with Crippen LogP contribution >= 0.6 is 0 Å². The Labute approximate surface area is 188 Å². The van der Waals surface area contributed by atoms with Gasteiger partial charge >= 0.3 is 0 Å². The van der Waals surface area contributed by atoms with E-state index in [2.05, 4.69) is 27.0 Å². The van der Waals surface area contributed by atoms with Gasteiger partial charge in [0.05, 0.1) is 11.8 Å². The summed E-state index contributed by atoms with van der Waals surface area (Å²) >= 11 is 0. The molecule has 2 saturated heterocycles. The van der Waals surface area contributed by atoms with Gasteiger partial charge in [-0.05, 0) is 56.6 Å². The lowest BCUT2D eigenvalue weighted by molar-refractivity contribution is -0.121. The Balaban J connectivity index is 1.25. The minimum Gasteiger partial charge on any atom is -0.491 e. The van der Waals surface area contributed by atoms with E-state index in [-0.39, 0.29) is 11.5 Å². The molecule has 4 aliphatic rings. The van der Waals surface area contributed by atoms with Crippen LogP contribution in [0.1, 0.15) is 63.0 Å². The lowest BCUT2D eigenvalue weighted by Gasteiger charge is -2.27. The molecule has 2 N–H and O–H groups in total. The van der Waals surface area contributed by atoms with E-state index in [1.807, 2.05) is 12.1 Å². The minimum absolute atomic E-state index is 0.0945. The fourth-order valence-electron chi connectivity index (χ4n) is 6.14. The number of nitrogens with zero attached hydrogens (tertiary/aromatic N) is 3. The van der Waals surface area contributed by atoms with Crippen LogP contribution in [-0.2, 0) is 9.53 Å². The first-order valence-corrected chi connectivity index (χ1v) is 11.9. The highest BCUT2D eigenvalue weighted by Gasteiger charge is 2.46. The van der Waals surface area contributed by atoms with Gasteiger partial charge in [-0.15, -0.1) is 0 Å². The monoisotopic (exact) mass is 434 g/mol. The topological polar surface area (TPSA) is 90.6 Å². The number of anilines is 3. The molecule has 1 aromatic carbocycles. The van der Waals surface area contributed by atoms with Gasteiger partial charge < -0.3 is 20.1 Å². The van der Waals surface area contributed by atoms with Crippen LogP contribution in [0, 0.1) is 5.92 Å². The van der Waals surface area contributed by atoms with Gasteiger partial charge in [-0.2, -0.15) is 0 Å². The SMILES string of the molecule is Nc1ncnc2c1N(c1cccc(OCC34CCC(CC3)O4)c1)CC2C1CCC(=O)CC1. The summed E-state index contributed by atoms with van der Waals surface area (Å²) in [5, 5.41) is 0. The highest BCUT2D eigenvalue weighted by Crippen LogP contribution is 2.48. The Morgan fingerprint density at radius 1 is 1.16 bits per heavy atom. The molecule has 32 heavy (non-hydrogen) atoms. The van der Waals surface area contributed by atoms with Gasteiger partial charge in [0.15, 0.2) is 5.82 Å². The second-order valence-electron chi connectivity index (χ2n) is 9.87. The van der Waals surface area contributed by atoms with Gasteiger partial charge in [0.2, 0.25) is 0 Å². The quantitative estimate of drug-likeness (QED) is 0.756. The molecule has 2 bridgehead atoms. The fourth-order valence-corrected chi connectivity index (χ4v) is 6.14. The predicted molar refractivity (Wildman–Crippen MR) is 121 cm³/mol. The molecule has 6 rings (SSSR count). The van der Waals surface area contributed by atoms with Crippen molar-refractivity contribution in [3.8, 4) is 5.75 Å². The fraction of sp³-hybridized carbons (Fsp3) is 0.560. The normalized spacial score (nSPS) is 29.5. The maximum absolute atomic E-state index is 11.8. The van der Waals surface area contributed by atoms with Crippen LogP contribution in [0.2, 0.25) is 0 Å². The molecule has 4 heterocycles. The Morgan fingerprint density at radius 2 is 1.97 bits per heavy atom. The highest BCUT2D eigenvalue weighted by atomic mass is 16.6. The summed E-state index contributed by atoms with van der Waals surface area (Å²) < 4.78 is 12.4. The number of rotatable bonds is 5. The van der Waals surface area contributed by atoms with Crippen molar-refractivity contribution in [3.05, 3.63) is 36.3 Å². The molecule has 0 spiro atoms. The van der Waals surface area contributed by atoms with E-state index in [0.717, 1.165) is 67.9 Å². The Hall–Kier alpha value is -2.67. The van der Waals surface area contributed by atoms with Gasteiger partial charge in [-0.25, -0.2) is 9.97 Å². The summed E-state index contributed by atoms with van der Waals surface area (Å²) in [6.45, 7) is 1.41. The van der Waals surface area contributed by atoms with E-state index in [1.54, 1.807) is 6.33 Å². The second kappa shape index (κ2) is 7.73. The summed E-state index contributed by atoms with van der Waals surface area (Å²) in [4.78, 5) is 22.9. The Bertz CT molecular complexity index is 1020. The van der Waals surface area contributed by atoms with Crippen LogP contribution in [0.15, 0.2) is 30.6 Å². The Kier molecular flexibility index (Phi) is 4.82. The number of fused-ring (bicyclic) bond motifs is 3. The van der Waals surface area contributed by atoms with Crippen molar-refractivity contribution in [2.45, 2.75) is 69.0 Å². The van der Waals surface area contributed by atoms with E-state index in [1.165, 1.54) is 0 Å². The lowest BCUT2D eigenvalue weighted by Crippen LogP contribution is -2.32. The number of hydrogen-bond acceptors (Lipinski definition) is 7. The lowest BCUT2D eigenvalue weighted by atomic mass is 9.79. The summed E-state index contributed by atoms with van der Waals surface area (Å²) in [6.07, 6.45) is 9.68. The molecule has 1 saturated carbocycles. The van der Waals surface area contributed by atoms with Crippen LogP contribution in [-0.4, -0.2) is 40.6 Å². The largest absolute Gasteiger partial charge is 0.491 e. The van der Waals surface area contributed by atoms with Crippen molar-refractivity contribution < 1.29 is 14.3 Å². The van der Waals surface area contributed by atoms with Crippen molar-refractivity contribution in [3.63, 3.8) is 0 Å². The number of aromatic nitrogens is 2. The first kappa shape index (κ1) is 20.0. The van der Waals surface area contributed by atoms with Gasteiger partial charge in [0.1, 0.15) is 35.8 Å². The molecule has 3 fully saturated rings. The van der Waals surface area contributed by atoms with Crippen LogP contribution in [0.5, 0.6) is 5.75 Å². The standard InChI is InChI=1S/C25H30N4O3/c26-24-23-22(27-15-28-24)21(16-4-6-18(30)7-5-16)13-29(23)17-2-1-3-20(12-17)31-14-25-10-8-19(32-25)9-11-25/h1-3,12,15-16,19,21H,4-11,13-14H2,(H2,26,27,28). The summed E-state index contributed by atoms with van der Waals surface area (Å²) in [6, 6.07) is 8.21. The number of Topliss-reactive ketones (excluding diaryl/α,β-unsaturated/α-hetero) is 1. The third-order valence-corrected chi connectivity index (χ3v) is 7.93. The summed E-state index contributed by atoms with van der Waals surface area (Å²) in [5.74, 6) is 2.43. The molecule has 1 aliphatic carbocycles. The van der Waals surface area contributed by atoms with E-state index in [0.29, 0.717) is 43.1 Å². The van der Waals surface area contributed by atoms with Gasteiger partial charge in [-0.3, -0.25) is 4.79 Å². The first-order chi connectivity index (χ1) is 15.6. The highest BCUT2D eigenvalue weighted by molar-refractivity contribution is 5.80. The summed E-state index contributed by atoms with van der Waals surface area (Å²) in [5.41, 5.74) is 9.20. The van der Waals surface area contributed by atoms with Crippen molar-refractivity contribution in [1.29, 1.82) is 0 Å². The average Bonchev–Trinajstić information content (AvgIpc) is 3.53. The molecule has 168 valence electrons. The van der Waals surface area contributed by atoms with Crippen molar-refractivity contribution >= 4 is 23.0 Å². The van der Waals surface area contributed by atoms with Gasteiger partial charge in [0.25, 0.3) is 0 Å². The van der Waals surface area contributed by atoms with Crippen LogP contribution < -0.4 is 15.4 Å². The van der Waals surface area contributed by atoms with E-state index in [9.17, 15) is 4.79 Å². The maximum Gasteiger partial charge on any atom is 0.151 e. The number of carbonyl (C=O) groups excluding carboxylic acids is 1. The zero-order valence-corrected chi connectivity index (χ0v) is 18.3. The number of carbonyl (C=O) groups is 1. The maximum atomic E-state index is 11.8. The van der Waals surface area contributed by atoms with Crippen LogP contribution in [0.3, 0.4) is 0 Å². The molecule has 0 amide bonds. The minimum atomic E-state index is -0.0945. The number of nitrogens with two attached hydrogens (primary N) is 1. The molecular formula is C25H30N4O3. The van der Waals surface area contributed by atoms with Crippen LogP contribution in [0.4, 0.5) is 17.2 Å². The molecule has 1 aromatic heterocycles. The molecular weight excluding hydrogens is 404 g/mol. The van der Waals surface area contributed by atoms with Crippen molar-refractivity contribution in [2.24, 2.45) is 5.92 Å². The van der Waals surface area contributed by atoms with Crippen molar-refractivity contribution in [1.82, 2.24) is 9.97 Å². The van der Waals surface area contributed by atoms with Crippen molar-refractivity contribution in [2.75, 3.05) is 23.8 Å². The molecule has 1 atom stereocenters. The van der Waals surface area contributed by atoms with Gasteiger partial charge in [0, 0.05) is 37.1 Å². The zero-order valence-electron chi connectivity index (χ0n) is 18.3. The number of ketones is 1. The molecule has 3 aliphatic heterocycles. The van der Waals surface area contributed by atoms with E-state index < -0.39 is 0 Å². The number of nitrogen functional groups attached to an aromatic ring is 1. The zero-order chi connectivity index (χ0) is 21.7. The third-order valence-electron chi connectivity index (χ3n) is 7.93. The smallest absolute Gasteiger partial charge is 0.151 e. The second-order valence-corrected chi connectivity index (χ2v) is 9.87. The average molecular weight is 435 g/mol. The van der Waals surface area contributed by atoms with Gasteiger partial charge in [-0.1, -0.05) is 6.07 Å². The molecule has 0 radical (unpaired) electrons. The predicted octanol–water partition coefficient (Wildman–Crippen LogP) is 4.14.